The summed E-state index contributed by atoms with van der Waals surface area (Å²) in [5, 5.41) is 2.74. The van der Waals surface area contributed by atoms with E-state index in [0.717, 1.165) is 5.56 Å². The molecule has 1 N–H and O–H groups in total. The third-order valence-corrected chi connectivity index (χ3v) is 3.78. The standard InChI is InChI=1S/C16H14BrF2NO/c1-9-5-11(6-10(2)15(9)19)8-20-16(21)13-4-3-12(18)7-14(13)17/h3-7H,8H2,1-2H3,(H,20,21). The molecule has 0 saturated heterocycles. The van der Waals surface area contributed by atoms with E-state index in [9.17, 15) is 13.6 Å². The first-order valence-corrected chi connectivity index (χ1v) is 7.16. The number of hydrogen-bond acceptors (Lipinski definition) is 1. The number of nitrogens with one attached hydrogen (secondary N) is 1. The van der Waals surface area contributed by atoms with Gasteiger partial charge in [0.05, 0.1) is 5.56 Å². The maximum Gasteiger partial charge on any atom is 0.252 e. The lowest BCUT2D eigenvalue weighted by atomic mass is 10.1. The maximum atomic E-state index is 13.5. The third-order valence-electron chi connectivity index (χ3n) is 3.13. The number of benzene rings is 2. The SMILES string of the molecule is Cc1cc(CNC(=O)c2ccc(F)cc2Br)cc(C)c1F. The van der Waals surface area contributed by atoms with Crippen LogP contribution >= 0.6 is 15.9 Å². The molecule has 2 rings (SSSR count). The number of rotatable bonds is 3. The van der Waals surface area contributed by atoms with Gasteiger partial charge >= 0.3 is 0 Å². The summed E-state index contributed by atoms with van der Waals surface area (Å²) in [6.07, 6.45) is 0. The molecule has 0 atom stereocenters. The smallest absolute Gasteiger partial charge is 0.252 e. The van der Waals surface area contributed by atoms with Crippen LogP contribution in [0.15, 0.2) is 34.8 Å². The molecule has 110 valence electrons. The molecule has 0 spiro atoms. The Balaban J connectivity index is 2.11. The Bertz CT molecular complexity index is 678. The van der Waals surface area contributed by atoms with Crippen LogP contribution in [0.3, 0.4) is 0 Å². The Morgan fingerprint density at radius 1 is 1.14 bits per heavy atom. The fraction of sp³-hybridized carbons (Fsp3) is 0.188. The predicted molar refractivity (Wildman–Crippen MR) is 81.1 cm³/mol. The topological polar surface area (TPSA) is 29.1 Å². The molecular formula is C16H14BrF2NO. The predicted octanol–water partition coefficient (Wildman–Crippen LogP) is 4.27. The summed E-state index contributed by atoms with van der Waals surface area (Å²) in [5.74, 6) is -0.962. The van der Waals surface area contributed by atoms with Gasteiger partial charge in [0.2, 0.25) is 0 Å². The van der Waals surface area contributed by atoms with Gasteiger partial charge in [0.1, 0.15) is 11.6 Å². The highest BCUT2D eigenvalue weighted by Gasteiger charge is 2.11. The minimum Gasteiger partial charge on any atom is -0.348 e. The van der Waals surface area contributed by atoms with Gasteiger partial charge in [0.15, 0.2) is 0 Å². The molecule has 0 aliphatic carbocycles. The van der Waals surface area contributed by atoms with Gasteiger partial charge in [0, 0.05) is 11.0 Å². The van der Waals surface area contributed by atoms with Crippen molar-refractivity contribution in [2.75, 3.05) is 0 Å². The van der Waals surface area contributed by atoms with E-state index in [1.807, 2.05) is 0 Å². The molecule has 0 radical (unpaired) electrons. The van der Waals surface area contributed by atoms with Crippen molar-refractivity contribution < 1.29 is 13.6 Å². The zero-order valence-electron chi connectivity index (χ0n) is 11.6. The van der Waals surface area contributed by atoms with Crippen LogP contribution in [0.4, 0.5) is 8.78 Å². The van der Waals surface area contributed by atoms with Crippen LogP contribution in [-0.2, 0) is 6.54 Å². The first-order valence-electron chi connectivity index (χ1n) is 6.37. The maximum absolute atomic E-state index is 13.5. The summed E-state index contributed by atoms with van der Waals surface area (Å²) in [4.78, 5) is 12.0. The summed E-state index contributed by atoms with van der Waals surface area (Å²) in [6, 6.07) is 7.27. The molecule has 2 nitrogen and oxygen atoms in total. The summed E-state index contributed by atoms with van der Waals surface area (Å²) < 4.78 is 26.9. The zero-order chi connectivity index (χ0) is 15.6. The number of carbonyl (C=O) groups is 1. The molecule has 2 aromatic carbocycles. The van der Waals surface area contributed by atoms with Crippen LogP contribution in [0, 0.1) is 25.5 Å². The second kappa shape index (κ2) is 6.35. The van der Waals surface area contributed by atoms with E-state index in [4.69, 9.17) is 0 Å². The highest BCUT2D eigenvalue weighted by atomic mass is 79.9. The van der Waals surface area contributed by atoms with Crippen LogP contribution < -0.4 is 5.32 Å². The summed E-state index contributed by atoms with van der Waals surface area (Å²) in [5.41, 5.74) is 2.26. The Kier molecular flexibility index (Phi) is 4.73. The number of amides is 1. The first-order chi connectivity index (χ1) is 9.88. The average molecular weight is 354 g/mol. The van der Waals surface area contributed by atoms with E-state index in [-0.39, 0.29) is 18.3 Å². The number of halogens is 3. The fourth-order valence-corrected chi connectivity index (χ4v) is 2.62. The Hall–Kier alpha value is -1.75. The van der Waals surface area contributed by atoms with Gasteiger partial charge in [-0.1, -0.05) is 12.1 Å². The van der Waals surface area contributed by atoms with Crippen LogP contribution in [-0.4, -0.2) is 5.91 Å². The van der Waals surface area contributed by atoms with Crippen LogP contribution in [0.5, 0.6) is 0 Å². The van der Waals surface area contributed by atoms with Crippen molar-refractivity contribution in [3.8, 4) is 0 Å². The molecule has 2 aromatic rings. The van der Waals surface area contributed by atoms with Crippen molar-refractivity contribution in [2.24, 2.45) is 0 Å². The van der Waals surface area contributed by atoms with Gasteiger partial charge in [-0.25, -0.2) is 8.78 Å². The lowest BCUT2D eigenvalue weighted by molar-refractivity contribution is 0.0950. The van der Waals surface area contributed by atoms with Crippen molar-refractivity contribution >= 4 is 21.8 Å². The van der Waals surface area contributed by atoms with Crippen molar-refractivity contribution in [1.82, 2.24) is 5.32 Å². The lowest BCUT2D eigenvalue weighted by Crippen LogP contribution is -2.23. The second-order valence-electron chi connectivity index (χ2n) is 4.85. The molecular weight excluding hydrogens is 340 g/mol. The highest BCUT2D eigenvalue weighted by Crippen LogP contribution is 2.18. The largest absolute Gasteiger partial charge is 0.348 e. The van der Waals surface area contributed by atoms with E-state index in [1.165, 1.54) is 18.2 Å². The lowest BCUT2D eigenvalue weighted by Gasteiger charge is -2.09. The van der Waals surface area contributed by atoms with Gasteiger partial charge in [-0.15, -0.1) is 0 Å². The molecule has 1 amide bonds. The van der Waals surface area contributed by atoms with Crippen molar-refractivity contribution in [3.05, 3.63) is 68.7 Å². The number of hydrogen-bond donors (Lipinski definition) is 1. The van der Waals surface area contributed by atoms with E-state index in [0.29, 0.717) is 21.2 Å². The minimum absolute atomic E-state index is 0.230. The van der Waals surface area contributed by atoms with Crippen LogP contribution in [0.1, 0.15) is 27.0 Å². The number of aryl methyl sites for hydroxylation is 2. The van der Waals surface area contributed by atoms with Crippen LogP contribution in [0.2, 0.25) is 0 Å². The number of carbonyl (C=O) groups excluding carboxylic acids is 1. The first kappa shape index (κ1) is 15.6. The molecule has 0 saturated carbocycles. The van der Waals surface area contributed by atoms with E-state index in [2.05, 4.69) is 21.2 Å². The fourth-order valence-electron chi connectivity index (χ4n) is 2.09. The van der Waals surface area contributed by atoms with Crippen LogP contribution in [0.25, 0.3) is 0 Å². The van der Waals surface area contributed by atoms with Gasteiger partial charge in [0.25, 0.3) is 5.91 Å². The molecule has 0 aliphatic heterocycles. The molecule has 0 fully saturated rings. The normalized spacial score (nSPS) is 10.5. The van der Waals surface area contributed by atoms with Gasteiger partial charge in [-0.2, -0.15) is 0 Å². The Labute approximate surface area is 130 Å². The highest BCUT2D eigenvalue weighted by molar-refractivity contribution is 9.10. The molecule has 0 bridgehead atoms. The Morgan fingerprint density at radius 2 is 1.76 bits per heavy atom. The summed E-state index contributed by atoms with van der Waals surface area (Å²) in [6.45, 7) is 3.65. The quantitative estimate of drug-likeness (QED) is 0.876. The van der Waals surface area contributed by atoms with E-state index in [1.54, 1.807) is 26.0 Å². The second-order valence-corrected chi connectivity index (χ2v) is 5.70. The van der Waals surface area contributed by atoms with Crippen molar-refractivity contribution in [3.63, 3.8) is 0 Å². The molecule has 0 unspecified atom stereocenters. The monoisotopic (exact) mass is 353 g/mol. The average Bonchev–Trinajstić information content (AvgIpc) is 2.42. The summed E-state index contributed by atoms with van der Waals surface area (Å²) >= 11 is 3.16. The molecule has 0 aromatic heterocycles. The van der Waals surface area contributed by atoms with Gasteiger partial charge < -0.3 is 5.32 Å². The van der Waals surface area contributed by atoms with E-state index >= 15 is 0 Å². The molecule has 5 heteroatoms. The van der Waals surface area contributed by atoms with Crippen molar-refractivity contribution in [2.45, 2.75) is 20.4 Å². The molecule has 0 aliphatic rings. The molecule has 21 heavy (non-hydrogen) atoms. The molecule has 0 heterocycles. The zero-order valence-corrected chi connectivity index (χ0v) is 13.2. The third kappa shape index (κ3) is 3.67. The summed E-state index contributed by atoms with van der Waals surface area (Å²) in [7, 11) is 0. The Morgan fingerprint density at radius 3 is 2.33 bits per heavy atom. The van der Waals surface area contributed by atoms with E-state index < -0.39 is 5.82 Å². The van der Waals surface area contributed by atoms with Crippen molar-refractivity contribution in [1.29, 1.82) is 0 Å². The van der Waals surface area contributed by atoms with Gasteiger partial charge in [-0.05, 0) is 64.7 Å². The van der Waals surface area contributed by atoms with Gasteiger partial charge in [-0.3, -0.25) is 4.79 Å². The minimum atomic E-state index is -0.414.